The zero-order valence-corrected chi connectivity index (χ0v) is 23.7. The van der Waals surface area contributed by atoms with Crippen LogP contribution in [0.15, 0.2) is 60.7 Å². The fraction of sp³-hybridized carbons (Fsp3) is 0.444. The monoisotopic (exact) mass is 518 g/mol. The lowest BCUT2D eigenvalue weighted by atomic mass is 9.77. The van der Waals surface area contributed by atoms with E-state index in [1.165, 1.54) is 69.8 Å². The molecule has 0 aliphatic heterocycles. The lowest BCUT2D eigenvalue weighted by Gasteiger charge is -2.28. The van der Waals surface area contributed by atoms with Crippen molar-refractivity contribution in [3.63, 3.8) is 0 Å². The Balaban J connectivity index is 1.47. The highest BCUT2D eigenvalue weighted by Crippen LogP contribution is 2.39. The molecule has 3 nitrogen and oxygen atoms in total. The number of unbranched alkanes of at least 4 members (excludes halogenated alkanes) is 4. The van der Waals surface area contributed by atoms with Gasteiger partial charge in [-0.15, -0.1) is 0 Å². The maximum atomic E-state index is 10.1. The van der Waals surface area contributed by atoms with Crippen LogP contribution in [0.5, 0.6) is 5.75 Å². The molecule has 0 amide bonds. The van der Waals surface area contributed by atoms with Crippen LogP contribution in [0.1, 0.15) is 107 Å². The van der Waals surface area contributed by atoms with Gasteiger partial charge in [-0.2, -0.15) is 10.5 Å². The van der Waals surface area contributed by atoms with E-state index in [1.54, 1.807) is 0 Å². The molecule has 0 unspecified atom stereocenters. The number of hydrogen-bond acceptors (Lipinski definition) is 3. The Morgan fingerprint density at radius 3 is 1.77 bits per heavy atom. The van der Waals surface area contributed by atoms with Gasteiger partial charge in [0, 0.05) is 11.1 Å². The average molecular weight is 519 g/mol. The van der Waals surface area contributed by atoms with Gasteiger partial charge in [0.2, 0.25) is 0 Å². The number of nitriles is 2. The Bertz CT molecular complexity index is 1270. The van der Waals surface area contributed by atoms with Gasteiger partial charge in [0.15, 0.2) is 0 Å². The van der Waals surface area contributed by atoms with Gasteiger partial charge in [0.25, 0.3) is 0 Å². The Morgan fingerprint density at radius 1 is 0.667 bits per heavy atom. The minimum Gasteiger partial charge on any atom is -0.494 e. The molecule has 0 atom stereocenters. The first-order chi connectivity index (χ1) is 19.2. The van der Waals surface area contributed by atoms with E-state index in [9.17, 15) is 10.5 Å². The summed E-state index contributed by atoms with van der Waals surface area (Å²) >= 11 is 0. The second-order valence-corrected chi connectivity index (χ2v) is 11.0. The number of ether oxygens (including phenoxy) is 1. The first-order valence-corrected chi connectivity index (χ1v) is 15.0. The van der Waals surface area contributed by atoms with Gasteiger partial charge >= 0.3 is 0 Å². The summed E-state index contributed by atoms with van der Waals surface area (Å²) in [6.07, 6.45) is 13.9. The van der Waals surface area contributed by atoms with Crippen molar-refractivity contribution in [2.45, 2.75) is 90.4 Å². The van der Waals surface area contributed by atoms with E-state index in [-0.39, 0.29) is 0 Å². The third-order valence-corrected chi connectivity index (χ3v) is 8.35. The average Bonchev–Trinajstić information content (AvgIpc) is 2.99. The zero-order chi connectivity index (χ0) is 27.5. The SMILES string of the molecule is CCCCCCCOc1ccc(-c2ccc(-c3ccc(C4CCC(CCC)CC4)cc3)c(C#N)c2C#N)cc1. The second-order valence-electron chi connectivity index (χ2n) is 11.0. The molecule has 0 aromatic heterocycles. The van der Waals surface area contributed by atoms with Crippen molar-refractivity contribution in [1.29, 1.82) is 10.5 Å². The third kappa shape index (κ3) is 7.30. The molecule has 202 valence electrons. The number of benzene rings is 3. The smallest absolute Gasteiger partial charge is 0.119 e. The van der Waals surface area contributed by atoms with Crippen molar-refractivity contribution in [1.82, 2.24) is 0 Å². The van der Waals surface area contributed by atoms with Crippen LogP contribution >= 0.6 is 0 Å². The highest BCUT2D eigenvalue weighted by Gasteiger charge is 2.22. The molecule has 0 bridgehead atoms. The number of rotatable bonds is 12. The van der Waals surface area contributed by atoms with Crippen LogP contribution in [0.25, 0.3) is 22.3 Å². The van der Waals surface area contributed by atoms with Crippen LogP contribution in [0.3, 0.4) is 0 Å². The minimum atomic E-state index is 0.429. The van der Waals surface area contributed by atoms with Crippen LogP contribution in [0.2, 0.25) is 0 Å². The van der Waals surface area contributed by atoms with Crippen LogP contribution in [-0.2, 0) is 0 Å². The number of hydrogen-bond donors (Lipinski definition) is 0. The molecule has 0 spiro atoms. The summed E-state index contributed by atoms with van der Waals surface area (Å²) in [5.74, 6) is 2.37. The fourth-order valence-electron chi connectivity index (χ4n) is 6.07. The van der Waals surface area contributed by atoms with Gasteiger partial charge in [-0.05, 0) is 72.8 Å². The lowest BCUT2D eigenvalue weighted by molar-refractivity contribution is 0.304. The molecular weight excluding hydrogens is 476 g/mol. The summed E-state index contributed by atoms with van der Waals surface area (Å²) in [7, 11) is 0. The van der Waals surface area contributed by atoms with Crippen LogP contribution in [0.4, 0.5) is 0 Å². The van der Waals surface area contributed by atoms with Crippen molar-refractivity contribution in [2.24, 2.45) is 5.92 Å². The van der Waals surface area contributed by atoms with Gasteiger partial charge in [-0.25, -0.2) is 0 Å². The highest BCUT2D eigenvalue weighted by atomic mass is 16.5. The van der Waals surface area contributed by atoms with E-state index in [2.05, 4.69) is 50.3 Å². The molecule has 0 radical (unpaired) electrons. The molecule has 1 fully saturated rings. The zero-order valence-electron chi connectivity index (χ0n) is 23.7. The summed E-state index contributed by atoms with van der Waals surface area (Å²) in [5.41, 5.74) is 5.77. The lowest BCUT2D eigenvalue weighted by Crippen LogP contribution is -2.13. The molecule has 0 heterocycles. The summed E-state index contributed by atoms with van der Waals surface area (Å²) in [6, 6.07) is 25.2. The molecular formula is C36H42N2O. The second kappa shape index (κ2) is 14.6. The molecule has 3 aromatic carbocycles. The van der Waals surface area contributed by atoms with Crippen LogP contribution < -0.4 is 4.74 Å². The first kappa shape index (κ1) is 28.4. The van der Waals surface area contributed by atoms with Crippen molar-refractivity contribution in [3.8, 4) is 40.1 Å². The van der Waals surface area contributed by atoms with Crippen molar-refractivity contribution < 1.29 is 4.74 Å². The molecule has 4 rings (SSSR count). The largest absolute Gasteiger partial charge is 0.494 e. The van der Waals surface area contributed by atoms with E-state index >= 15 is 0 Å². The van der Waals surface area contributed by atoms with Crippen LogP contribution in [0, 0.1) is 28.6 Å². The third-order valence-electron chi connectivity index (χ3n) is 8.35. The summed E-state index contributed by atoms with van der Waals surface area (Å²) in [6.45, 7) is 5.23. The Hall–Kier alpha value is -3.56. The van der Waals surface area contributed by atoms with E-state index in [0.29, 0.717) is 17.0 Å². The van der Waals surface area contributed by atoms with Crippen molar-refractivity contribution in [2.75, 3.05) is 6.61 Å². The van der Waals surface area contributed by atoms with Gasteiger partial charge < -0.3 is 4.74 Å². The Labute approximate surface area is 235 Å². The van der Waals surface area contributed by atoms with Crippen molar-refractivity contribution >= 4 is 0 Å². The molecule has 0 N–H and O–H groups in total. The maximum absolute atomic E-state index is 10.1. The minimum absolute atomic E-state index is 0.429. The van der Waals surface area contributed by atoms with Gasteiger partial charge in [0.05, 0.1) is 17.7 Å². The molecule has 3 aromatic rings. The fourth-order valence-corrected chi connectivity index (χ4v) is 6.07. The van der Waals surface area contributed by atoms with Gasteiger partial charge in [0.1, 0.15) is 17.9 Å². The van der Waals surface area contributed by atoms with E-state index in [4.69, 9.17) is 4.74 Å². The predicted octanol–water partition coefficient (Wildman–Crippen LogP) is 10.2. The molecule has 3 heteroatoms. The van der Waals surface area contributed by atoms with E-state index in [1.807, 2.05) is 36.4 Å². The molecule has 1 aliphatic rings. The number of nitrogens with zero attached hydrogens (tertiary/aromatic N) is 2. The Kier molecular flexibility index (Phi) is 10.6. The summed E-state index contributed by atoms with van der Waals surface area (Å²) in [5, 5.41) is 20.2. The van der Waals surface area contributed by atoms with E-state index in [0.717, 1.165) is 46.9 Å². The molecule has 0 saturated heterocycles. The molecule has 1 saturated carbocycles. The predicted molar refractivity (Wildman–Crippen MR) is 161 cm³/mol. The standard InChI is InChI=1S/C36H42N2O/c1-3-5-6-7-8-24-39-32-20-18-31(19-21-32)34-23-22-33(35(25-37)36(34)26-38)30-16-14-29(15-17-30)28-12-10-27(9-4-2)11-13-28/h14-23,27-28H,3-13,24H2,1-2H3. The van der Waals surface area contributed by atoms with Gasteiger partial charge in [-0.1, -0.05) is 101 Å². The molecule has 1 aliphatic carbocycles. The molecule has 39 heavy (non-hydrogen) atoms. The van der Waals surface area contributed by atoms with E-state index < -0.39 is 0 Å². The Morgan fingerprint density at radius 2 is 1.23 bits per heavy atom. The normalized spacial score (nSPS) is 16.8. The van der Waals surface area contributed by atoms with Crippen molar-refractivity contribution in [3.05, 3.63) is 77.4 Å². The van der Waals surface area contributed by atoms with Gasteiger partial charge in [-0.3, -0.25) is 0 Å². The quantitative estimate of drug-likeness (QED) is 0.224. The van der Waals surface area contributed by atoms with Crippen LogP contribution in [-0.4, -0.2) is 6.61 Å². The topological polar surface area (TPSA) is 56.8 Å². The first-order valence-electron chi connectivity index (χ1n) is 15.0. The summed E-state index contributed by atoms with van der Waals surface area (Å²) in [4.78, 5) is 0. The highest BCUT2D eigenvalue weighted by molar-refractivity contribution is 5.82. The summed E-state index contributed by atoms with van der Waals surface area (Å²) < 4.78 is 5.91. The maximum Gasteiger partial charge on any atom is 0.119 e.